The number of nitrogen functional groups attached to an aromatic ring is 1. The quantitative estimate of drug-likeness (QED) is 0.809. The molecule has 0 aliphatic heterocycles. The highest BCUT2D eigenvalue weighted by molar-refractivity contribution is 5.73. The fourth-order valence-corrected chi connectivity index (χ4v) is 1.58. The molecule has 0 aliphatic carbocycles. The molecule has 4 nitrogen and oxygen atoms in total. The molecule has 1 aromatic carbocycles. The third-order valence-electron chi connectivity index (χ3n) is 2.61. The molecule has 1 heterocycles. The van der Waals surface area contributed by atoms with E-state index in [1.807, 2.05) is 33.8 Å². The van der Waals surface area contributed by atoms with Crippen LogP contribution in [-0.2, 0) is 0 Å². The highest BCUT2D eigenvalue weighted by atomic mass is 16.3. The summed E-state index contributed by atoms with van der Waals surface area (Å²) in [6.45, 7) is 7.68. The van der Waals surface area contributed by atoms with Crippen LogP contribution in [0, 0.1) is 13.8 Å². The Balaban J connectivity index is 0.000000771. The van der Waals surface area contributed by atoms with E-state index in [2.05, 4.69) is 10.2 Å². The van der Waals surface area contributed by atoms with Crippen LogP contribution in [0.1, 0.15) is 25.1 Å². The third kappa shape index (κ3) is 2.59. The number of hydrogen-bond donors (Lipinski definition) is 2. The first kappa shape index (κ1) is 14.0. The zero-order valence-electron chi connectivity index (χ0n) is 11.2. The van der Waals surface area contributed by atoms with Crippen molar-refractivity contribution in [2.45, 2.75) is 27.7 Å². The number of benzene rings is 1. The number of nitrogens with two attached hydrogens (primary N) is 1. The topological polar surface area (TPSA) is 72.0 Å². The smallest absolute Gasteiger partial charge is 0.125 e. The maximum absolute atomic E-state index is 9.74. The van der Waals surface area contributed by atoms with Crippen molar-refractivity contribution >= 4 is 5.69 Å². The van der Waals surface area contributed by atoms with Gasteiger partial charge in [0.15, 0.2) is 0 Å². The Hall–Kier alpha value is -2.10. The van der Waals surface area contributed by atoms with Crippen LogP contribution in [0.5, 0.6) is 5.75 Å². The van der Waals surface area contributed by atoms with Crippen molar-refractivity contribution in [1.29, 1.82) is 0 Å². The molecule has 0 atom stereocenters. The van der Waals surface area contributed by atoms with Gasteiger partial charge in [0.25, 0.3) is 0 Å². The number of aromatic nitrogens is 2. The molecular formula is C14H19N3O. The molecular weight excluding hydrogens is 226 g/mol. The van der Waals surface area contributed by atoms with E-state index >= 15 is 0 Å². The monoisotopic (exact) mass is 245 g/mol. The van der Waals surface area contributed by atoms with Gasteiger partial charge in [0.1, 0.15) is 11.4 Å². The minimum atomic E-state index is 0.183. The summed E-state index contributed by atoms with van der Waals surface area (Å²) in [6.07, 6.45) is 0. The Bertz CT molecular complexity index is 539. The number of aromatic hydroxyl groups is 1. The summed E-state index contributed by atoms with van der Waals surface area (Å²) in [5.74, 6) is 0.183. The summed E-state index contributed by atoms with van der Waals surface area (Å²) < 4.78 is 0. The van der Waals surface area contributed by atoms with Crippen LogP contribution in [0.3, 0.4) is 0 Å². The fraction of sp³-hybridized carbons (Fsp3) is 0.286. The first-order valence-electron chi connectivity index (χ1n) is 5.99. The lowest BCUT2D eigenvalue weighted by Gasteiger charge is -2.09. The van der Waals surface area contributed by atoms with Crippen LogP contribution < -0.4 is 5.73 Å². The second kappa shape index (κ2) is 6.00. The van der Waals surface area contributed by atoms with Gasteiger partial charge in [-0.25, -0.2) is 0 Å². The second-order valence-corrected chi connectivity index (χ2v) is 3.69. The standard InChI is InChI=1S/C12H13N3O.C2H6/c1-7-11(13)8(2)14-15-12(7)9-5-3-4-6-10(9)16;1-2/h3-6,16H,1-2H3,(H2,13,15);1-2H3. The molecule has 0 fully saturated rings. The molecule has 0 unspecified atom stereocenters. The Kier molecular flexibility index (Phi) is 4.66. The fourth-order valence-electron chi connectivity index (χ4n) is 1.58. The van der Waals surface area contributed by atoms with Gasteiger partial charge in [0.2, 0.25) is 0 Å². The van der Waals surface area contributed by atoms with Crippen LogP contribution >= 0.6 is 0 Å². The summed E-state index contributed by atoms with van der Waals surface area (Å²) in [6, 6.07) is 7.01. The van der Waals surface area contributed by atoms with Crippen molar-refractivity contribution in [2.24, 2.45) is 0 Å². The molecule has 0 amide bonds. The summed E-state index contributed by atoms with van der Waals surface area (Å²) in [5, 5.41) is 17.8. The molecule has 2 aromatic rings. The maximum atomic E-state index is 9.74. The van der Waals surface area contributed by atoms with Crippen LogP contribution in [0.15, 0.2) is 24.3 Å². The predicted octanol–water partition coefficient (Wildman–Crippen LogP) is 3.07. The van der Waals surface area contributed by atoms with Gasteiger partial charge in [-0.1, -0.05) is 26.0 Å². The zero-order chi connectivity index (χ0) is 13.7. The first-order chi connectivity index (χ1) is 8.61. The van der Waals surface area contributed by atoms with Crippen LogP contribution in [0.2, 0.25) is 0 Å². The molecule has 18 heavy (non-hydrogen) atoms. The molecule has 1 aromatic heterocycles. The van der Waals surface area contributed by atoms with Crippen molar-refractivity contribution in [2.75, 3.05) is 5.73 Å². The SMILES string of the molecule is CC.Cc1nnc(-c2ccccc2O)c(C)c1N. The molecule has 2 rings (SSSR count). The van der Waals surface area contributed by atoms with Gasteiger partial charge in [-0.3, -0.25) is 0 Å². The van der Waals surface area contributed by atoms with E-state index in [-0.39, 0.29) is 5.75 Å². The molecule has 0 saturated carbocycles. The lowest BCUT2D eigenvalue weighted by molar-refractivity contribution is 0.477. The van der Waals surface area contributed by atoms with E-state index in [0.717, 1.165) is 5.56 Å². The number of aryl methyl sites for hydroxylation is 1. The number of nitrogens with zero attached hydrogens (tertiary/aromatic N) is 2. The lowest BCUT2D eigenvalue weighted by Crippen LogP contribution is -2.02. The summed E-state index contributed by atoms with van der Waals surface area (Å²) >= 11 is 0. The van der Waals surface area contributed by atoms with Crippen molar-refractivity contribution < 1.29 is 5.11 Å². The van der Waals surface area contributed by atoms with Crippen molar-refractivity contribution in [3.8, 4) is 17.0 Å². The molecule has 3 N–H and O–H groups in total. The van der Waals surface area contributed by atoms with Gasteiger partial charge in [0.05, 0.1) is 11.4 Å². The zero-order valence-corrected chi connectivity index (χ0v) is 11.2. The summed E-state index contributed by atoms with van der Waals surface area (Å²) in [7, 11) is 0. The van der Waals surface area contributed by atoms with Gasteiger partial charge < -0.3 is 10.8 Å². The molecule has 0 spiro atoms. The first-order valence-corrected chi connectivity index (χ1v) is 5.99. The van der Waals surface area contributed by atoms with E-state index in [1.54, 1.807) is 18.2 Å². The molecule has 0 radical (unpaired) electrons. The van der Waals surface area contributed by atoms with Gasteiger partial charge in [-0.15, -0.1) is 5.10 Å². The minimum absolute atomic E-state index is 0.183. The highest BCUT2D eigenvalue weighted by Gasteiger charge is 2.12. The minimum Gasteiger partial charge on any atom is -0.507 e. The maximum Gasteiger partial charge on any atom is 0.125 e. The molecule has 96 valence electrons. The summed E-state index contributed by atoms with van der Waals surface area (Å²) in [4.78, 5) is 0. The Morgan fingerprint density at radius 1 is 1.06 bits per heavy atom. The number of anilines is 1. The van der Waals surface area contributed by atoms with Crippen molar-refractivity contribution in [3.05, 3.63) is 35.5 Å². The van der Waals surface area contributed by atoms with E-state index in [9.17, 15) is 5.11 Å². The van der Waals surface area contributed by atoms with Crippen LogP contribution in [0.4, 0.5) is 5.69 Å². The van der Waals surface area contributed by atoms with Crippen LogP contribution in [-0.4, -0.2) is 15.3 Å². The van der Waals surface area contributed by atoms with Gasteiger partial charge in [0, 0.05) is 11.1 Å². The van der Waals surface area contributed by atoms with Crippen LogP contribution in [0.25, 0.3) is 11.3 Å². The predicted molar refractivity (Wildman–Crippen MR) is 74.4 cm³/mol. The number of phenols is 1. The number of para-hydroxylation sites is 1. The number of rotatable bonds is 1. The number of phenolic OH excluding ortho intramolecular Hbond substituents is 1. The normalized spacial score (nSPS) is 9.56. The second-order valence-electron chi connectivity index (χ2n) is 3.69. The molecule has 0 aliphatic rings. The van der Waals surface area contributed by atoms with Gasteiger partial charge in [-0.2, -0.15) is 5.10 Å². The number of hydrogen-bond acceptors (Lipinski definition) is 4. The van der Waals surface area contributed by atoms with E-state index in [4.69, 9.17) is 5.73 Å². The van der Waals surface area contributed by atoms with E-state index < -0.39 is 0 Å². The van der Waals surface area contributed by atoms with Gasteiger partial charge in [-0.05, 0) is 26.0 Å². The Labute approximate surface area is 107 Å². The Morgan fingerprint density at radius 3 is 2.28 bits per heavy atom. The average Bonchev–Trinajstić information content (AvgIpc) is 2.40. The molecule has 4 heteroatoms. The summed E-state index contributed by atoms with van der Waals surface area (Å²) in [5.41, 5.74) is 9.33. The van der Waals surface area contributed by atoms with Crippen molar-refractivity contribution in [3.63, 3.8) is 0 Å². The lowest BCUT2D eigenvalue weighted by atomic mass is 10.0. The van der Waals surface area contributed by atoms with Crippen molar-refractivity contribution in [1.82, 2.24) is 10.2 Å². The van der Waals surface area contributed by atoms with E-state index in [0.29, 0.717) is 22.6 Å². The molecule has 0 saturated heterocycles. The highest BCUT2D eigenvalue weighted by Crippen LogP contribution is 2.31. The average molecular weight is 245 g/mol. The van der Waals surface area contributed by atoms with Gasteiger partial charge >= 0.3 is 0 Å². The molecule has 0 bridgehead atoms. The Morgan fingerprint density at radius 2 is 1.67 bits per heavy atom. The third-order valence-corrected chi connectivity index (χ3v) is 2.61. The van der Waals surface area contributed by atoms with E-state index in [1.165, 1.54) is 0 Å². The largest absolute Gasteiger partial charge is 0.507 e.